The summed E-state index contributed by atoms with van der Waals surface area (Å²) in [6, 6.07) is 67.2. The Balaban J connectivity index is 0.000000168. The minimum atomic E-state index is -1.13. The van der Waals surface area contributed by atoms with Gasteiger partial charge in [0.2, 0.25) is 0 Å². The number of methoxy groups -OCH3 is 2. The Kier molecular flexibility index (Phi) is 41.1. The van der Waals surface area contributed by atoms with Crippen molar-refractivity contribution >= 4 is 58.9 Å². The Morgan fingerprint density at radius 2 is 0.621 bits per heavy atom. The van der Waals surface area contributed by atoms with Gasteiger partial charge in [0.1, 0.15) is 22.8 Å². The molecule has 10 heterocycles. The van der Waals surface area contributed by atoms with E-state index in [9.17, 15) is 38.4 Å². The van der Waals surface area contributed by atoms with Gasteiger partial charge in [-0.15, -0.1) is 0 Å². The van der Waals surface area contributed by atoms with E-state index in [2.05, 4.69) is 126 Å². The second-order valence-corrected chi connectivity index (χ2v) is 34.4. The van der Waals surface area contributed by atoms with Crippen molar-refractivity contribution in [1.82, 2.24) is 75.5 Å². The molecule has 0 bridgehead atoms. The Morgan fingerprint density at radius 1 is 0.357 bits per heavy atom. The van der Waals surface area contributed by atoms with E-state index in [0.717, 1.165) is 205 Å². The lowest BCUT2D eigenvalue weighted by molar-refractivity contribution is 0.0591. The van der Waals surface area contributed by atoms with Gasteiger partial charge in [0, 0.05) is 180 Å². The zero-order valence-corrected chi connectivity index (χ0v) is 78.5. The van der Waals surface area contributed by atoms with E-state index in [4.69, 9.17) is 50.1 Å². The highest BCUT2D eigenvalue weighted by atomic mass is 16.5. The van der Waals surface area contributed by atoms with Gasteiger partial charge >= 0.3 is 23.9 Å². The molecule has 720 valence electrons. The van der Waals surface area contributed by atoms with Crippen molar-refractivity contribution in [2.75, 3.05) is 119 Å². The molecule has 0 aliphatic carbocycles. The van der Waals surface area contributed by atoms with Crippen molar-refractivity contribution in [2.24, 2.45) is 5.73 Å². The van der Waals surface area contributed by atoms with Gasteiger partial charge in [0.15, 0.2) is 11.4 Å². The second-order valence-electron chi connectivity index (χ2n) is 34.4. The van der Waals surface area contributed by atoms with Crippen LogP contribution in [0.5, 0.6) is 0 Å². The topological polar surface area (TPSA) is 448 Å². The Bertz CT molecular complexity index is 6000. The molecular formula is C106H114N22O12. The molecule has 0 atom stereocenters. The Labute approximate surface area is 815 Å². The number of nitrogens with zero attached hydrogens (tertiary/aromatic N) is 17. The fourth-order valence-electron chi connectivity index (χ4n) is 16.2. The van der Waals surface area contributed by atoms with Crippen molar-refractivity contribution in [3.63, 3.8) is 0 Å². The molecule has 0 unspecified atom stereocenters. The number of pyridine rings is 4. The number of nitrogens with one attached hydrogen (secondary N) is 4. The van der Waals surface area contributed by atoms with Crippen LogP contribution >= 0.6 is 0 Å². The van der Waals surface area contributed by atoms with Crippen LogP contribution in [0.1, 0.15) is 190 Å². The predicted octanol–water partition coefficient (Wildman–Crippen LogP) is 11.7. The number of rotatable bonds is 23. The molecule has 0 spiro atoms. The predicted molar refractivity (Wildman–Crippen MR) is 523 cm³/mol. The van der Waals surface area contributed by atoms with Gasteiger partial charge in [0.05, 0.1) is 96.1 Å². The van der Waals surface area contributed by atoms with Crippen LogP contribution in [-0.2, 0) is 48.7 Å². The summed E-state index contributed by atoms with van der Waals surface area (Å²) in [5.74, 6) is -4.01. The first kappa shape index (κ1) is 105. The highest BCUT2D eigenvalue weighted by Crippen LogP contribution is 2.24. The molecule has 0 radical (unpaired) electrons. The second kappa shape index (κ2) is 54.9. The number of aromatic nitrogens is 4. The number of likely N-dealkylation sites (tertiary alicyclic amines) is 4. The standard InChI is InChI=1S/C32H33N7O2.C21H22N4O3.C20H20N4O3.C13H17N3.C12H15N3.C8H7NO4/c1-34-28-9-6-26(7-10-28)23-38-16-18-39(19-17-38)32(41)27-8-11-30(35-21-27)31(40)36-29-12-14-37(15-13-29)22-25-4-2-24(20-33)3-5-25;1-28-21(27)17-6-7-19(23-13-17)20(26)24-18-8-10-25(11-9-18)14-16-4-2-15(12-22)3-5-16;21-11-14-1-3-15(4-2-14)13-24-9-7-17(8-10-24)23-19(25)18-6-5-16(12-22-18)20(26)27;14-9-11-1-3-12(4-2-11)10-16-7-5-13(15)6-8-16;1-13-12-4-2-11(3-5-12)10-15-8-6-14-7-9-15;1-13-8(12)5-2-3-6(7(10)11)9-4-5/h2-11,21,29H,12-19,22-23H2,(H,36,40);2-7,13,18H,8-11,14H2,1H3,(H,24,26);1-6,12,17H,7-10,13H2,(H,23,25)(H,26,27);1-4,13H,5-8,10,15H2;2-5,14H,6-10H2;2-4H,1H3,(H,10,11). The summed E-state index contributed by atoms with van der Waals surface area (Å²) in [7, 11) is 2.55. The molecule has 140 heavy (non-hydrogen) atoms. The van der Waals surface area contributed by atoms with E-state index in [-0.39, 0.29) is 70.0 Å². The highest BCUT2D eigenvalue weighted by Gasteiger charge is 2.29. The maximum Gasteiger partial charge on any atom is 0.354 e. The number of esters is 2. The number of nitriles is 4. The van der Waals surface area contributed by atoms with Crippen LogP contribution in [0.15, 0.2) is 219 Å². The molecule has 6 aliphatic rings. The van der Waals surface area contributed by atoms with Crippen LogP contribution in [0.3, 0.4) is 0 Å². The average Bonchev–Trinajstić information content (AvgIpc) is 0.790. The first-order valence-corrected chi connectivity index (χ1v) is 46.3. The maximum absolute atomic E-state index is 13.0. The normalized spacial score (nSPS) is 15.5. The van der Waals surface area contributed by atoms with Crippen molar-refractivity contribution in [3.8, 4) is 24.3 Å². The molecule has 8 N–H and O–H groups in total. The summed E-state index contributed by atoms with van der Waals surface area (Å²) in [5.41, 5.74) is 19.0. The largest absolute Gasteiger partial charge is 0.478 e. The number of nitrogens with two attached hydrogens (primary N) is 1. The molecule has 10 aromatic rings. The highest BCUT2D eigenvalue weighted by molar-refractivity contribution is 5.97. The maximum atomic E-state index is 13.0. The van der Waals surface area contributed by atoms with Crippen molar-refractivity contribution in [3.05, 3.63) is 342 Å². The Morgan fingerprint density at radius 3 is 0.886 bits per heavy atom. The van der Waals surface area contributed by atoms with Crippen molar-refractivity contribution in [1.29, 1.82) is 21.0 Å². The zero-order chi connectivity index (χ0) is 99.5. The number of benzene rings is 6. The first-order chi connectivity index (χ1) is 67.9. The fourth-order valence-corrected chi connectivity index (χ4v) is 16.2. The summed E-state index contributed by atoms with van der Waals surface area (Å²) in [4.78, 5) is 133. The number of carbonyl (C=O) groups excluding carboxylic acids is 6. The lowest BCUT2D eigenvalue weighted by Gasteiger charge is -2.34. The van der Waals surface area contributed by atoms with Crippen LogP contribution in [0, 0.1) is 58.5 Å². The minimum absolute atomic E-state index is 0.0580. The molecule has 4 aromatic heterocycles. The molecule has 0 saturated carbocycles. The minimum Gasteiger partial charge on any atom is -0.478 e. The summed E-state index contributed by atoms with van der Waals surface area (Å²) in [5, 5.41) is 65.2. The van der Waals surface area contributed by atoms with E-state index in [0.29, 0.717) is 58.3 Å². The monoisotopic (exact) mass is 1890 g/mol. The fraction of sp³-hybridized carbons (Fsp3) is 0.340. The summed E-state index contributed by atoms with van der Waals surface area (Å²) in [6.45, 7) is 33.9. The number of aromatic carboxylic acids is 2. The third-order valence-corrected chi connectivity index (χ3v) is 24.5. The molecule has 4 amide bonds. The number of amides is 4. The molecule has 6 aliphatic heterocycles. The summed E-state index contributed by atoms with van der Waals surface area (Å²) in [6.07, 6.45) is 12.5. The molecule has 34 heteroatoms. The van der Waals surface area contributed by atoms with E-state index in [1.54, 1.807) is 12.1 Å². The van der Waals surface area contributed by atoms with Crippen molar-refractivity contribution < 1.29 is 58.0 Å². The van der Waals surface area contributed by atoms with Crippen LogP contribution in [0.25, 0.3) is 9.69 Å². The number of piperazine rings is 2. The molecular weight excluding hydrogens is 1770 g/mol. The number of hydrogen-bond acceptors (Lipinski definition) is 26. The van der Waals surface area contributed by atoms with Crippen LogP contribution < -0.4 is 27.0 Å². The van der Waals surface area contributed by atoms with Gasteiger partial charge in [-0.1, -0.05) is 97.1 Å². The van der Waals surface area contributed by atoms with Gasteiger partial charge in [0.25, 0.3) is 23.6 Å². The van der Waals surface area contributed by atoms with Crippen molar-refractivity contribution in [2.45, 2.75) is 115 Å². The number of ether oxygens (including phenoxy) is 2. The molecule has 34 nitrogen and oxygen atoms in total. The average molecular weight is 1890 g/mol. The number of hydrogen-bond donors (Lipinski definition) is 7. The van der Waals surface area contributed by atoms with E-state index in [1.165, 1.54) is 97.0 Å². The van der Waals surface area contributed by atoms with E-state index in [1.807, 2.05) is 138 Å². The lowest BCUT2D eigenvalue weighted by Crippen LogP contribution is -2.48. The van der Waals surface area contributed by atoms with Crippen LogP contribution in [-0.4, -0.2) is 255 Å². The zero-order valence-electron chi connectivity index (χ0n) is 78.5. The summed E-state index contributed by atoms with van der Waals surface area (Å²) >= 11 is 0. The number of carboxylic acids is 2. The van der Waals surface area contributed by atoms with Gasteiger partial charge in [-0.25, -0.2) is 33.9 Å². The third-order valence-electron chi connectivity index (χ3n) is 24.5. The molecule has 6 aromatic carbocycles. The number of carboxylic acid groups (broad SMARTS) is 2. The van der Waals surface area contributed by atoms with Gasteiger partial charge in [-0.2, -0.15) is 21.0 Å². The SMILES string of the molecule is COC(=O)c1ccc(C(=O)NC2CCN(Cc3ccc(C#N)cc3)CC2)nc1.COC(=O)c1ccc(C(=O)O)nc1.N#Cc1ccc(CN2CCC(N)CC2)cc1.N#Cc1ccc(CN2CCC(NC(=O)c3ccc(C(=O)O)cn3)CC2)cc1.[C-]#[N+]c1ccc(CN2CCN(C(=O)c3ccc(C(=O)NC4CCN(Cc5ccc(C#N)cc5)CC4)nc3)CC2)cc1.[C-]#[N+]c1ccc(CN2CCNCC2)cc1. The van der Waals surface area contributed by atoms with E-state index >= 15 is 0 Å². The Hall–Kier alpha value is -15.7. The van der Waals surface area contributed by atoms with E-state index < -0.39 is 23.9 Å². The molecule has 6 saturated heterocycles. The molecule has 6 fully saturated rings. The smallest absolute Gasteiger partial charge is 0.354 e. The molecule has 16 rings (SSSR count). The lowest BCUT2D eigenvalue weighted by atomic mass is 10.0. The van der Waals surface area contributed by atoms with Crippen LogP contribution in [0.2, 0.25) is 0 Å². The summed E-state index contributed by atoms with van der Waals surface area (Å²) < 4.78 is 9.03. The van der Waals surface area contributed by atoms with Gasteiger partial charge < -0.3 is 51.6 Å². The quantitative estimate of drug-likeness (QED) is 0.0231. The van der Waals surface area contributed by atoms with Gasteiger partial charge in [-0.05, 0) is 195 Å². The van der Waals surface area contributed by atoms with Gasteiger partial charge in [-0.3, -0.25) is 63.5 Å². The third kappa shape index (κ3) is 33.9. The van der Waals surface area contributed by atoms with Crippen LogP contribution in [0.4, 0.5) is 11.4 Å². The number of carbonyl (C=O) groups is 8. The first-order valence-electron chi connectivity index (χ1n) is 46.3. The number of piperidine rings is 4.